The molecule has 0 spiro atoms. The molecule has 0 radical (unpaired) electrons. The van der Waals surface area contributed by atoms with E-state index in [9.17, 15) is 0 Å². The van der Waals surface area contributed by atoms with E-state index in [1.54, 1.807) is 11.8 Å². The van der Waals surface area contributed by atoms with Crippen molar-refractivity contribution < 1.29 is 0 Å². The summed E-state index contributed by atoms with van der Waals surface area (Å²) >= 11 is 1.77. The average Bonchev–Trinajstić information content (AvgIpc) is 2.43. The summed E-state index contributed by atoms with van der Waals surface area (Å²) < 4.78 is 0. The molecular weight excluding hydrogens is 262 g/mol. The Balaban J connectivity index is 2.23. The minimum absolute atomic E-state index is 0.311. The molecule has 0 amide bonds. The number of nitrogens with one attached hydrogen (secondary N) is 1. The van der Waals surface area contributed by atoms with E-state index in [0.717, 1.165) is 0 Å². The number of hydrogen-bond acceptors (Lipinski definition) is 2. The number of hydrogen-bond donors (Lipinski definition) is 1. The first kappa shape index (κ1) is 15.0. The predicted octanol–water partition coefficient (Wildman–Crippen LogP) is 5.51. The van der Waals surface area contributed by atoms with E-state index in [4.69, 9.17) is 0 Å². The summed E-state index contributed by atoms with van der Waals surface area (Å²) in [5, 5.41) is 3.61. The average molecular weight is 285 g/mol. The minimum Gasteiger partial charge on any atom is -0.378 e. The fraction of sp³-hybridized carbons (Fsp3) is 0.333. The highest BCUT2D eigenvalue weighted by atomic mass is 32.2. The summed E-state index contributed by atoms with van der Waals surface area (Å²) in [5.74, 6) is 0. The van der Waals surface area contributed by atoms with Gasteiger partial charge in [-0.25, -0.2) is 0 Å². The summed E-state index contributed by atoms with van der Waals surface area (Å²) in [6.45, 7) is 8.77. The third-order valence-electron chi connectivity index (χ3n) is 3.80. The number of anilines is 1. The molecule has 0 aromatic heterocycles. The smallest absolute Gasteiger partial charge is 0.0488 e. The molecule has 20 heavy (non-hydrogen) atoms. The standard InChI is InChI=1S/C18H23NS/c1-12-9-14(3)18(10-13(12)2)15(4)19-16-7-6-8-17(11-16)20-5/h6-11,15,19H,1-5H3. The van der Waals surface area contributed by atoms with E-state index in [1.807, 2.05) is 0 Å². The second-order valence-electron chi connectivity index (χ2n) is 5.39. The molecule has 0 fully saturated rings. The fourth-order valence-corrected chi connectivity index (χ4v) is 2.95. The van der Waals surface area contributed by atoms with Gasteiger partial charge >= 0.3 is 0 Å². The molecule has 2 aromatic rings. The zero-order valence-corrected chi connectivity index (χ0v) is 13.8. The molecule has 0 bridgehead atoms. The van der Waals surface area contributed by atoms with Gasteiger partial charge in [-0.15, -0.1) is 11.8 Å². The molecule has 0 saturated carbocycles. The maximum atomic E-state index is 3.61. The highest BCUT2D eigenvalue weighted by molar-refractivity contribution is 7.98. The van der Waals surface area contributed by atoms with Crippen LogP contribution in [0.1, 0.15) is 35.2 Å². The molecule has 106 valence electrons. The van der Waals surface area contributed by atoms with Gasteiger partial charge in [0.1, 0.15) is 0 Å². The van der Waals surface area contributed by atoms with Gasteiger partial charge in [0.05, 0.1) is 0 Å². The highest BCUT2D eigenvalue weighted by Gasteiger charge is 2.10. The van der Waals surface area contributed by atoms with Crippen molar-refractivity contribution in [2.45, 2.75) is 38.6 Å². The molecule has 0 aliphatic carbocycles. The van der Waals surface area contributed by atoms with E-state index in [1.165, 1.54) is 32.8 Å². The van der Waals surface area contributed by atoms with Gasteiger partial charge in [0.25, 0.3) is 0 Å². The molecular formula is C18H23NS. The van der Waals surface area contributed by atoms with Crippen LogP contribution in [0.2, 0.25) is 0 Å². The van der Waals surface area contributed by atoms with Crippen LogP contribution in [-0.2, 0) is 0 Å². The van der Waals surface area contributed by atoms with Crippen LogP contribution in [0, 0.1) is 20.8 Å². The fourth-order valence-electron chi connectivity index (χ4n) is 2.49. The topological polar surface area (TPSA) is 12.0 Å². The highest BCUT2D eigenvalue weighted by Crippen LogP contribution is 2.26. The summed E-state index contributed by atoms with van der Waals surface area (Å²) in [6, 6.07) is 13.5. The first-order valence-electron chi connectivity index (χ1n) is 6.99. The van der Waals surface area contributed by atoms with Crippen LogP contribution in [-0.4, -0.2) is 6.26 Å². The van der Waals surface area contributed by atoms with E-state index < -0.39 is 0 Å². The number of thioether (sulfide) groups is 1. The van der Waals surface area contributed by atoms with Crippen LogP contribution >= 0.6 is 11.8 Å². The number of benzene rings is 2. The van der Waals surface area contributed by atoms with E-state index in [-0.39, 0.29) is 0 Å². The van der Waals surface area contributed by atoms with Gasteiger partial charge in [-0.05, 0) is 74.4 Å². The second-order valence-corrected chi connectivity index (χ2v) is 6.27. The van der Waals surface area contributed by atoms with Crippen LogP contribution < -0.4 is 5.32 Å². The third kappa shape index (κ3) is 3.37. The Bertz CT molecular complexity index is 604. The summed E-state index contributed by atoms with van der Waals surface area (Å²) in [4.78, 5) is 1.29. The predicted molar refractivity (Wildman–Crippen MR) is 90.9 cm³/mol. The van der Waals surface area contributed by atoms with Crippen LogP contribution in [0.3, 0.4) is 0 Å². The van der Waals surface area contributed by atoms with Crippen molar-refractivity contribution >= 4 is 17.4 Å². The Morgan fingerprint density at radius 3 is 2.35 bits per heavy atom. The van der Waals surface area contributed by atoms with Crippen molar-refractivity contribution in [3.8, 4) is 0 Å². The molecule has 0 aliphatic rings. The first-order valence-corrected chi connectivity index (χ1v) is 8.22. The Morgan fingerprint density at radius 1 is 0.950 bits per heavy atom. The van der Waals surface area contributed by atoms with Crippen LogP contribution in [0.5, 0.6) is 0 Å². The number of rotatable bonds is 4. The molecule has 0 saturated heterocycles. The van der Waals surface area contributed by atoms with Crippen molar-refractivity contribution in [3.63, 3.8) is 0 Å². The quantitative estimate of drug-likeness (QED) is 0.744. The van der Waals surface area contributed by atoms with Crippen molar-refractivity contribution in [3.05, 3.63) is 58.7 Å². The molecule has 1 unspecified atom stereocenters. The van der Waals surface area contributed by atoms with Gasteiger partial charge in [0.2, 0.25) is 0 Å². The maximum Gasteiger partial charge on any atom is 0.0488 e. The van der Waals surface area contributed by atoms with Gasteiger partial charge < -0.3 is 5.32 Å². The largest absolute Gasteiger partial charge is 0.378 e. The minimum atomic E-state index is 0.311. The molecule has 1 nitrogen and oxygen atoms in total. The van der Waals surface area contributed by atoms with Crippen LogP contribution in [0.4, 0.5) is 5.69 Å². The molecule has 1 N–H and O–H groups in total. The molecule has 2 rings (SSSR count). The van der Waals surface area contributed by atoms with Crippen molar-refractivity contribution in [2.75, 3.05) is 11.6 Å². The van der Waals surface area contributed by atoms with Gasteiger partial charge in [-0.1, -0.05) is 18.2 Å². The van der Waals surface area contributed by atoms with E-state index in [0.29, 0.717) is 6.04 Å². The number of aryl methyl sites for hydroxylation is 3. The molecule has 2 aromatic carbocycles. The molecule has 0 aliphatic heterocycles. The van der Waals surface area contributed by atoms with Crippen LogP contribution in [0.15, 0.2) is 41.3 Å². The summed E-state index contributed by atoms with van der Waals surface area (Å²) in [5.41, 5.74) is 6.64. The lowest BCUT2D eigenvalue weighted by atomic mass is 9.96. The van der Waals surface area contributed by atoms with E-state index >= 15 is 0 Å². The Kier molecular flexibility index (Phi) is 4.77. The first-order chi connectivity index (χ1) is 9.51. The molecule has 2 heteroatoms. The van der Waals surface area contributed by atoms with Gasteiger partial charge in [-0.2, -0.15) is 0 Å². The normalized spacial score (nSPS) is 12.2. The molecule has 1 atom stereocenters. The lowest BCUT2D eigenvalue weighted by molar-refractivity contribution is 0.870. The van der Waals surface area contributed by atoms with Crippen molar-refractivity contribution in [2.24, 2.45) is 0 Å². The Labute approximate surface area is 126 Å². The maximum absolute atomic E-state index is 3.61. The van der Waals surface area contributed by atoms with Gasteiger partial charge in [-0.3, -0.25) is 0 Å². The van der Waals surface area contributed by atoms with Gasteiger partial charge in [0, 0.05) is 16.6 Å². The van der Waals surface area contributed by atoms with Crippen LogP contribution in [0.25, 0.3) is 0 Å². The zero-order valence-electron chi connectivity index (χ0n) is 12.9. The monoisotopic (exact) mass is 285 g/mol. The summed E-state index contributed by atoms with van der Waals surface area (Å²) in [7, 11) is 0. The Hall–Kier alpha value is -1.41. The lowest BCUT2D eigenvalue weighted by Gasteiger charge is -2.20. The molecule has 0 heterocycles. The summed E-state index contributed by atoms with van der Waals surface area (Å²) in [6.07, 6.45) is 2.11. The lowest BCUT2D eigenvalue weighted by Crippen LogP contribution is -2.09. The van der Waals surface area contributed by atoms with E-state index in [2.05, 4.69) is 75.7 Å². The zero-order chi connectivity index (χ0) is 14.7. The SMILES string of the molecule is CSc1cccc(NC(C)c2cc(C)c(C)cc2C)c1. The van der Waals surface area contributed by atoms with Crippen molar-refractivity contribution in [1.29, 1.82) is 0 Å². The van der Waals surface area contributed by atoms with Crippen molar-refractivity contribution in [1.82, 2.24) is 0 Å². The third-order valence-corrected chi connectivity index (χ3v) is 4.53. The second kappa shape index (κ2) is 6.36. The Morgan fingerprint density at radius 2 is 1.65 bits per heavy atom. The van der Waals surface area contributed by atoms with Gasteiger partial charge in [0.15, 0.2) is 0 Å².